The molecule has 1 aromatic rings. The van der Waals surface area contributed by atoms with Crippen LogP contribution < -0.4 is 0 Å². The minimum atomic E-state index is -2.32. The molecule has 0 unspecified atom stereocenters. The van der Waals surface area contributed by atoms with Crippen molar-refractivity contribution in [2.75, 3.05) is 7.11 Å². The van der Waals surface area contributed by atoms with E-state index in [2.05, 4.69) is 4.74 Å². The lowest BCUT2D eigenvalue weighted by Gasteiger charge is -2.05. The van der Waals surface area contributed by atoms with Crippen molar-refractivity contribution in [2.45, 2.75) is 0 Å². The molecule has 7 heteroatoms. The summed E-state index contributed by atoms with van der Waals surface area (Å²) < 4.78 is 67.1. The minimum Gasteiger partial charge on any atom is -0.465 e. The molecular formula is C8H3F5O2. The van der Waals surface area contributed by atoms with Crippen LogP contribution >= 0.6 is 0 Å². The molecule has 0 aromatic heterocycles. The van der Waals surface area contributed by atoms with Crippen molar-refractivity contribution in [1.29, 1.82) is 0 Å². The summed E-state index contributed by atoms with van der Waals surface area (Å²) in [4.78, 5) is 10.7. The smallest absolute Gasteiger partial charge is 0.344 e. The Morgan fingerprint density at radius 3 is 1.53 bits per heavy atom. The highest BCUT2D eigenvalue weighted by Crippen LogP contribution is 2.23. The van der Waals surface area contributed by atoms with Crippen LogP contribution in [0.5, 0.6) is 0 Å². The van der Waals surface area contributed by atoms with Crippen LogP contribution in [0, 0.1) is 29.1 Å². The van der Waals surface area contributed by atoms with E-state index in [-0.39, 0.29) is 0 Å². The number of carbonyl (C=O) groups excluding carboxylic acids is 1. The Balaban J connectivity index is 3.60. The molecule has 0 heterocycles. The lowest BCUT2D eigenvalue weighted by molar-refractivity contribution is 0.0586. The van der Waals surface area contributed by atoms with Crippen molar-refractivity contribution in [3.05, 3.63) is 34.6 Å². The van der Waals surface area contributed by atoms with E-state index in [9.17, 15) is 26.7 Å². The first-order valence-electron chi connectivity index (χ1n) is 3.51. The lowest BCUT2D eigenvalue weighted by Crippen LogP contribution is -2.13. The molecule has 82 valence electrons. The van der Waals surface area contributed by atoms with Gasteiger partial charge in [-0.15, -0.1) is 0 Å². The fraction of sp³-hybridized carbons (Fsp3) is 0.125. The second kappa shape index (κ2) is 3.84. The highest BCUT2D eigenvalue weighted by atomic mass is 19.2. The number of carbonyl (C=O) groups is 1. The molecule has 2 nitrogen and oxygen atoms in total. The van der Waals surface area contributed by atoms with Gasteiger partial charge in [0.25, 0.3) is 0 Å². The highest BCUT2D eigenvalue weighted by molar-refractivity contribution is 5.90. The molecule has 0 aliphatic heterocycles. The Labute approximate surface area is 80.3 Å². The number of esters is 1. The number of ether oxygens (including phenoxy) is 1. The number of rotatable bonds is 1. The number of hydrogen-bond donors (Lipinski definition) is 0. The standard InChI is InChI=1S/C8H3F5O2/c1-15-8(14)2-3(9)5(11)7(13)6(12)4(2)10/h1H3. The van der Waals surface area contributed by atoms with Crippen molar-refractivity contribution in [2.24, 2.45) is 0 Å². The molecule has 0 saturated heterocycles. The fourth-order valence-corrected chi connectivity index (χ4v) is 0.886. The predicted molar refractivity (Wildman–Crippen MR) is 37.6 cm³/mol. The van der Waals surface area contributed by atoms with Gasteiger partial charge >= 0.3 is 5.97 Å². The van der Waals surface area contributed by atoms with E-state index in [0.717, 1.165) is 7.11 Å². The van der Waals surface area contributed by atoms with E-state index in [1.54, 1.807) is 0 Å². The SMILES string of the molecule is COC(=O)c1c(F)c(F)c(F)c(F)c1F. The molecule has 15 heavy (non-hydrogen) atoms. The van der Waals surface area contributed by atoms with Crippen LogP contribution in [0.15, 0.2) is 0 Å². The molecule has 1 rings (SSSR count). The van der Waals surface area contributed by atoms with E-state index in [1.807, 2.05) is 0 Å². The van der Waals surface area contributed by atoms with Gasteiger partial charge in [0, 0.05) is 0 Å². The predicted octanol–water partition coefficient (Wildman–Crippen LogP) is 2.17. The minimum absolute atomic E-state index is 0.750. The largest absolute Gasteiger partial charge is 0.465 e. The Bertz CT molecular complexity index is 401. The molecule has 0 saturated carbocycles. The van der Waals surface area contributed by atoms with Gasteiger partial charge in [0.2, 0.25) is 5.82 Å². The van der Waals surface area contributed by atoms with E-state index < -0.39 is 40.6 Å². The summed E-state index contributed by atoms with van der Waals surface area (Å²) in [6.07, 6.45) is 0. The average Bonchev–Trinajstić information content (AvgIpc) is 2.23. The summed E-state index contributed by atoms with van der Waals surface area (Å²) in [6.45, 7) is 0. The van der Waals surface area contributed by atoms with E-state index >= 15 is 0 Å². The van der Waals surface area contributed by atoms with Gasteiger partial charge in [0.15, 0.2) is 23.3 Å². The Morgan fingerprint density at radius 2 is 1.20 bits per heavy atom. The Kier molecular flexibility index (Phi) is 2.92. The third kappa shape index (κ3) is 1.64. The molecule has 0 atom stereocenters. The summed E-state index contributed by atoms with van der Waals surface area (Å²) in [5.74, 6) is -12.7. The fourth-order valence-electron chi connectivity index (χ4n) is 0.886. The normalized spacial score (nSPS) is 10.3. The van der Waals surface area contributed by atoms with Crippen molar-refractivity contribution in [1.82, 2.24) is 0 Å². The zero-order chi connectivity index (χ0) is 11.7. The zero-order valence-corrected chi connectivity index (χ0v) is 7.21. The Hall–Kier alpha value is -1.66. The molecule has 1 aromatic carbocycles. The second-order valence-corrected chi connectivity index (χ2v) is 2.44. The van der Waals surface area contributed by atoms with E-state index in [0.29, 0.717) is 0 Å². The van der Waals surface area contributed by atoms with Crippen LogP contribution in [-0.2, 0) is 4.74 Å². The Morgan fingerprint density at radius 1 is 0.867 bits per heavy atom. The van der Waals surface area contributed by atoms with Crippen LogP contribution in [0.4, 0.5) is 22.0 Å². The topological polar surface area (TPSA) is 26.3 Å². The van der Waals surface area contributed by atoms with Crippen molar-refractivity contribution in [3.8, 4) is 0 Å². The van der Waals surface area contributed by atoms with Crippen LogP contribution in [0.3, 0.4) is 0 Å². The van der Waals surface area contributed by atoms with E-state index in [4.69, 9.17) is 0 Å². The van der Waals surface area contributed by atoms with Crippen molar-refractivity contribution < 1.29 is 31.5 Å². The third-order valence-corrected chi connectivity index (χ3v) is 1.60. The second-order valence-electron chi connectivity index (χ2n) is 2.44. The molecule has 0 fully saturated rings. The third-order valence-electron chi connectivity index (χ3n) is 1.60. The monoisotopic (exact) mass is 226 g/mol. The summed E-state index contributed by atoms with van der Waals surface area (Å²) in [7, 11) is 0.750. The van der Waals surface area contributed by atoms with Gasteiger partial charge in [-0.1, -0.05) is 0 Å². The number of halogens is 5. The van der Waals surface area contributed by atoms with Gasteiger partial charge in [-0.2, -0.15) is 0 Å². The molecule has 0 aliphatic carbocycles. The van der Waals surface area contributed by atoms with Gasteiger partial charge in [0.1, 0.15) is 5.56 Å². The first-order valence-corrected chi connectivity index (χ1v) is 3.51. The quantitative estimate of drug-likeness (QED) is 0.317. The summed E-state index contributed by atoms with van der Waals surface area (Å²) in [6, 6.07) is 0. The van der Waals surface area contributed by atoms with Crippen molar-refractivity contribution in [3.63, 3.8) is 0 Å². The lowest BCUT2D eigenvalue weighted by atomic mass is 10.1. The number of methoxy groups -OCH3 is 1. The first kappa shape index (κ1) is 11.4. The van der Waals surface area contributed by atoms with Crippen LogP contribution in [-0.4, -0.2) is 13.1 Å². The summed E-state index contributed by atoms with van der Waals surface area (Å²) in [5, 5.41) is 0. The molecular weight excluding hydrogens is 223 g/mol. The van der Waals surface area contributed by atoms with E-state index in [1.165, 1.54) is 0 Å². The molecule has 0 amide bonds. The van der Waals surface area contributed by atoms with Crippen LogP contribution in [0.2, 0.25) is 0 Å². The highest BCUT2D eigenvalue weighted by Gasteiger charge is 2.30. The van der Waals surface area contributed by atoms with Gasteiger partial charge in [-0.05, 0) is 0 Å². The maximum absolute atomic E-state index is 12.8. The molecule has 0 aliphatic rings. The maximum atomic E-state index is 12.8. The molecule has 0 spiro atoms. The number of hydrogen-bond acceptors (Lipinski definition) is 2. The number of benzene rings is 1. The average molecular weight is 226 g/mol. The van der Waals surface area contributed by atoms with Gasteiger partial charge in [0.05, 0.1) is 7.11 Å². The van der Waals surface area contributed by atoms with Gasteiger partial charge in [-0.3, -0.25) is 0 Å². The first-order chi connectivity index (χ1) is 6.91. The molecule has 0 N–H and O–H groups in total. The van der Waals surface area contributed by atoms with Gasteiger partial charge in [-0.25, -0.2) is 26.7 Å². The van der Waals surface area contributed by atoms with Gasteiger partial charge < -0.3 is 4.74 Å². The van der Waals surface area contributed by atoms with Crippen LogP contribution in [0.1, 0.15) is 10.4 Å². The molecule has 0 radical (unpaired) electrons. The molecule has 0 bridgehead atoms. The zero-order valence-electron chi connectivity index (χ0n) is 7.21. The van der Waals surface area contributed by atoms with Crippen molar-refractivity contribution >= 4 is 5.97 Å². The van der Waals surface area contributed by atoms with Crippen LogP contribution in [0.25, 0.3) is 0 Å². The maximum Gasteiger partial charge on any atom is 0.344 e. The summed E-state index contributed by atoms with van der Waals surface area (Å²) in [5.41, 5.74) is -1.60. The summed E-state index contributed by atoms with van der Waals surface area (Å²) >= 11 is 0.